The number of pyridine rings is 1. The van der Waals surface area contributed by atoms with Gasteiger partial charge in [-0.15, -0.1) is 0 Å². The summed E-state index contributed by atoms with van der Waals surface area (Å²) in [5.41, 5.74) is 5.39. The van der Waals surface area contributed by atoms with Gasteiger partial charge in [-0.25, -0.2) is 9.67 Å². The van der Waals surface area contributed by atoms with Gasteiger partial charge in [0.05, 0.1) is 5.39 Å². The number of carboxylic acids is 1. The molecular formula is C13H14F5N5O2. The maximum absolute atomic E-state index is 12.9. The molecule has 2 aromatic rings. The van der Waals surface area contributed by atoms with Crippen LogP contribution >= 0.6 is 0 Å². The molecule has 25 heavy (non-hydrogen) atoms. The molecule has 0 fully saturated rings. The van der Waals surface area contributed by atoms with E-state index in [4.69, 9.17) is 21.0 Å². The summed E-state index contributed by atoms with van der Waals surface area (Å²) in [7, 11) is 0. The first-order chi connectivity index (χ1) is 11.4. The predicted molar refractivity (Wildman–Crippen MR) is 77.5 cm³/mol. The van der Waals surface area contributed by atoms with Crippen molar-refractivity contribution in [3.63, 3.8) is 0 Å². The van der Waals surface area contributed by atoms with Crippen LogP contribution in [-0.4, -0.2) is 43.8 Å². The van der Waals surface area contributed by atoms with Gasteiger partial charge in [0.2, 0.25) is 0 Å². The SMILES string of the molecule is CC(=O)O.N=C(N)c1nn(CCC(F)(F)C(F)(F)F)c2ncccc12. The Labute approximate surface area is 137 Å². The van der Waals surface area contributed by atoms with Gasteiger partial charge in [0.1, 0.15) is 11.5 Å². The molecule has 12 heteroatoms. The molecule has 0 aromatic carbocycles. The number of carboxylic acid groups (broad SMARTS) is 1. The Morgan fingerprint density at radius 3 is 2.40 bits per heavy atom. The van der Waals surface area contributed by atoms with E-state index in [1.807, 2.05) is 0 Å². The van der Waals surface area contributed by atoms with E-state index in [-0.39, 0.29) is 11.3 Å². The van der Waals surface area contributed by atoms with Gasteiger partial charge in [-0.05, 0) is 12.1 Å². The molecule has 0 spiro atoms. The van der Waals surface area contributed by atoms with E-state index < -0.39 is 36.9 Å². The number of nitrogens with zero attached hydrogens (tertiary/aromatic N) is 3. The number of nitrogens with one attached hydrogen (secondary N) is 1. The third kappa shape index (κ3) is 5.09. The summed E-state index contributed by atoms with van der Waals surface area (Å²) < 4.78 is 63.2. The normalized spacial score (nSPS) is 11.8. The number of aryl methyl sites for hydroxylation is 1. The molecular weight excluding hydrogens is 353 g/mol. The van der Waals surface area contributed by atoms with Crippen molar-refractivity contribution in [2.45, 2.75) is 32.0 Å². The summed E-state index contributed by atoms with van der Waals surface area (Å²) in [6.45, 7) is 0.382. The van der Waals surface area contributed by atoms with Crippen LogP contribution in [0.2, 0.25) is 0 Å². The fraction of sp³-hybridized carbons (Fsp3) is 0.385. The third-order valence-corrected chi connectivity index (χ3v) is 2.81. The van der Waals surface area contributed by atoms with Gasteiger partial charge >= 0.3 is 12.1 Å². The van der Waals surface area contributed by atoms with Crippen molar-refractivity contribution in [2.75, 3.05) is 0 Å². The van der Waals surface area contributed by atoms with Gasteiger partial charge in [-0.3, -0.25) is 10.2 Å². The topological polar surface area (TPSA) is 118 Å². The highest BCUT2D eigenvalue weighted by atomic mass is 19.4. The molecule has 0 atom stereocenters. The quantitative estimate of drug-likeness (QED) is 0.436. The highest BCUT2D eigenvalue weighted by molar-refractivity contribution is 6.04. The Morgan fingerprint density at radius 1 is 1.36 bits per heavy atom. The molecule has 0 aliphatic heterocycles. The largest absolute Gasteiger partial charge is 0.481 e. The number of hydrogen-bond acceptors (Lipinski definition) is 4. The van der Waals surface area contributed by atoms with Gasteiger partial charge in [0, 0.05) is 26.1 Å². The highest BCUT2D eigenvalue weighted by Gasteiger charge is 2.56. The Morgan fingerprint density at radius 2 is 1.92 bits per heavy atom. The summed E-state index contributed by atoms with van der Waals surface area (Å²) >= 11 is 0. The van der Waals surface area contributed by atoms with Crippen molar-refractivity contribution >= 4 is 22.8 Å². The summed E-state index contributed by atoms with van der Waals surface area (Å²) in [4.78, 5) is 12.9. The first-order valence-corrected chi connectivity index (χ1v) is 6.67. The first-order valence-electron chi connectivity index (χ1n) is 6.67. The monoisotopic (exact) mass is 367 g/mol. The van der Waals surface area contributed by atoms with Crippen molar-refractivity contribution < 1.29 is 31.9 Å². The van der Waals surface area contributed by atoms with Crippen LogP contribution in [0.1, 0.15) is 19.0 Å². The maximum Gasteiger partial charge on any atom is 0.453 e. The molecule has 7 nitrogen and oxygen atoms in total. The molecule has 0 aliphatic carbocycles. The number of halogens is 5. The molecule has 0 bridgehead atoms. The van der Waals surface area contributed by atoms with Gasteiger partial charge in [-0.1, -0.05) is 0 Å². The highest BCUT2D eigenvalue weighted by Crippen LogP contribution is 2.38. The van der Waals surface area contributed by atoms with Crippen LogP contribution < -0.4 is 5.73 Å². The fourth-order valence-electron chi connectivity index (χ4n) is 1.75. The lowest BCUT2D eigenvalue weighted by Crippen LogP contribution is -2.37. The molecule has 0 radical (unpaired) electrons. The van der Waals surface area contributed by atoms with E-state index in [0.29, 0.717) is 5.39 Å². The molecule has 0 saturated heterocycles. The molecule has 2 heterocycles. The van der Waals surface area contributed by atoms with Crippen molar-refractivity contribution in [2.24, 2.45) is 5.73 Å². The van der Waals surface area contributed by atoms with Crippen LogP contribution in [0, 0.1) is 5.41 Å². The lowest BCUT2D eigenvalue weighted by molar-refractivity contribution is -0.285. The van der Waals surface area contributed by atoms with E-state index >= 15 is 0 Å². The smallest absolute Gasteiger partial charge is 0.453 e. The molecule has 2 aromatic heterocycles. The molecule has 0 saturated carbocycles. The van der Waals surface area contributed by atoms with Gasteiger partial charge in [0.15, 0.2) is 5.65 Å². The molecule has 2 rings (SSSR count). The maximum atomic E-state index is 12.9. The number of amidine groups is 1. The van der Waals surface area contributed by atoms with Crippen molar-refractivity contribution in [1.82, 2.24) is 14.8 Å². The van der Waals surface area contributed by atoms with E-state index in [1.54, 1.807) is 0 Å². The number of alkyl halides is 5. The first kappa shape index (κ1) is 20.3. The Bertz CT molecular complexity index is 768. The van der Waals surface area contributed by atoms with Crippen LogP contribution in [0.25, 0.3) is 11.0 Å². The third-order valence-electron chi connectivity index (χ3n) is 2.81. The van der Waals surface area contributed by atoms with Gasteiger partial charge in [0.25, 0.3) is 5.97 Å². The number of aromatic nitrogens is 3. The zero-order valence-electron chi connectivity index (χ0n) is 12.8. The van der Waals surface area contributed by atoms with Crippen molar-refractivity contribution in [3.05, 3.63) is 24.0 Å². The van der Waals surface area contributed by atoms with E-state index in [0.717, 1.165) is 11.6 Å². The average molecular weight is 367 g/mol. The summed E-state index contributed by atoms with van der Waals surface area (Å²) in [6, 6.07) is 3.02. The van der Waals surface area contributed by atoms with E-state index in [1.165, 1.54) is 18.3 Å². The zero-order valence-corrected chi connectivity index (χ0v) is 12.8. The van der Waals surface area contributed by atoms with Crippen LogP contribution in [0.15, 0.2) is 18.3 Å². The Hall–Kier alpha value is -2.79. The number of hydrogen-bond donors (Lipinski definition) is 3. The molecule has 4 N–H and O–H groups in total. The number of nitrogen functional groups attached to an aromatic ring is 1. The molecule has 138 valence electrons. The van der Waals surface area contributed by atoms with Gasteiger partial charge in [-0.2, -0.15) is 27.1 Å². The zero-order chi connectivity index (χ0) is 19.4. The summed E-state index contributed by atoms with van der Waals surface area (Å²) in [5, 5.41) is 18.8. The summed E-state index contributed by atoms with van der Waals surface area (Å²) in [6.07, 6.45) is -5.75. The van der Waals surface area contributed by atoms with Gasteiger partial charge < -0.3 is 10.8 Å². The fourth-order valence-corrected chi connectivity index (χ4v) is 1.75. The predicted octanol–water partition coefficient (Wildman–Crippen LogP) is 2.39. The summed E-state index contributed by atoms with van der Waals surface area (Å²) in [5.74, 6) is -6.08. The minimum Gasteiger partial charge on any atom is -0.481 e. The number of aliphatic carboxylic acids is 1. The van der Waals surface area contributed by atoms with Crippen molar-refractivity contribution in [1.29, 1.82) is 5.41 Å². The molecule has 0 amide bonds. The number of carbonyl (C=O) groups is 1. The van der Waals surface area contributed by atoms with E-state index in [2.05, 4.69) is 10.1 Å². The van der Waals surface area contributed by atoms with Crippen LogP contribution in [0.3, 0.4) is 0 Å². The van der Waals surface area contributed by atoms with Crippen LogP contribution in [0.4, 0.5) is 22.0 Å². The standard InChI is InChI=1S/C11H10F5N5.C2H4O2/c12-10(13,11(14,15)16)3-5-21-9-6(2-1-4-19-9)7(20-21)8(17)18;1-2(3)4/h1-2,4H,3,5H2,(H3,17,18);1H3,(H,3,4). The minimum atomic E-state index is -5.62. The average Bonchev–Trinajstić information content (AvgIpc) is 2.82. The van der Waals surface area contributed by atoms with Crippen LogP contribution in [0.5, 0.6) is 0 Å². The minimum absolute atomic E-state index is 0.00609. The lowest BCUT2D eigenvalue weighted by atomic mass is 10.2. The lowest BCUT2D eigenvalue weighted by Gasteiger charge is -2.19. The Balaban J connectivity index is 0.000000705. The molecule has 0 unspecified atom stereocenters. The second-order valence-corrected chi connectivity index (χ2v) is 4.83. The second-order valence-electron chi connectivity index (χ2n) is 4.83. The number of rotatable bonds is 4. The van der Waals surface area contributed by atoms with Crippen molar-refractivity contribution in [3.8, 4) is 0 Å². The number of nitrogens with two attached hydrogens (primary N) is 1. The van der Waals surface area contributed by atoms with Crippen LogP contribution in [-0.2, 0) is 11.3 Å². The number of fused-ring (bicyclic) bond motifs is 1. The van der Waals surface area contributed by atoms with E-state index in [9.17, 15) is 22.0 Å². The molecule has 0 aliphatic rings. The Kier molecular flexibility index (Phi) is 6.00. The second kappa shape index (κ2) is 7.40.